The van der Waals surface area contributed by atoms with Gasteiger partial charge in [0.05, 0.1) is 18.1 Å². The van der Waals surface area contributed by atoms with Gasteiger partial charge in [-0.3, -0.25) is 0 Å². The Hall–Kier alpha value is -1.61. The van der Waals surface area contributed by atoms with Gasteiger partial charge in [-0.2, -0.15) is 4.72 Å². The topological polar surface area (TPSA) is 133 Å². The van der Waals surface area contributed by atoms with Crippen molar-refractivity contribution in [3.8, 4) is 0 Å². The van der Waals surface area contributed by atoms with Crippen LogP contribution in [0.4, 0.5) is 0 Å². The monoisotopic (exact) mass is 261 g/mol. The van der Waals surface area contributed by atoms with Crippen molar-refractivity contribution < 1.29 is 13.6 Å². The fourth-order valence-electron chi connectivity index (χ4n) is 1.16. The first-order valence-electron chi connectivity index (χ1n) is 4.86. The zero-order valence-corrected chi connectivity index (χ0v) is 10.3. The fourth-order valence-corrected chi connectivity index (χ4v) is 2.52. The summed E-state index contributed by atoms with van der Waals surface area (Å²) in [5.41, 5.74) is 4.32. The first-order chi connectivity index (χ1) is 7.85. The molecule has 1 rings (SSSR count). The smallest absolute Gasteiger partial charge is 0.258 e. The van der Waals surface area contributed by atoms with Gasteiger partial charge in [0.25, 0.3) is 10.0 Å². The normalized spacial score (nSPS) is 16.7. The average Bonchev–Trinajstić information content (AvgIpc) is 2.81. The van der Waals surface area contributed by atoms with Gasteiger partial charge in [-0.1, -0.05) is 12.1 Å². The predicted molar refractivity (Wildman–Crippen MR) is 61.0 cm³/mol. The van der Waals surface area contributed by atoms with Gasteiger partial charge in [0.2, 0.25) is 0 Å². The second kappa shape index (κ2) is 4.72. The Bertz CT molecular complexity index is 495. The molecular formula is C8H15N5O3S. The zero-order valence-electron chi connectivity index (χ0n) is 9.51. The minimum Gasteiger partial charge on any atom is -0.409 e. The van der Waals surface area contributed by atoms with Crippen molar-refractivity contribution >= 4 is 15.9 Å². The Morgan fingerprint density at radius 1 is 1.76 bits per heavy atom. The van der Waals surface area contributed by atoms with Crippen LogP contribution in [0.25, 0.3) is 0 Å². The highest BCUT2D eigenvalue weighted by Crippen LogP contribution is 2.14. The van der Waals surface area contributed by atoms with Crippen LogP contribution in [-0.4, -0.2) is 35.0 Å². The molecule has 0 spiro atoms. The Balaban J connectivity index is 3.05. The molecule has 8 nitrogen and oxygen atoms in total. The van der Waals surface area contributed by atoms with E-state index in [2.05, 4.69) is 19.8 Å². The zero-order chi connectivity index (χ0) is 13.1. The van der Waals surface area contributed by atoms with Gasteiger partial charge >= 0.3 is 0 Å². The summed E-state index contributed by atoms with van der Waals surface area (Å²) in [5, 5.41) is 11.4. The van der Waals surface area contributed by atoms with E-state index in [4.69, 9.17) is 10.9 Å². The van der Waals surface area contributed by atoms with Crippen LogP contribution < -0.4 is 10.5 Å². The number of sulfonamides is 1. The molecule has 1 aromatic heterocycles. The van der Waals surface area contributed by atoms with Crippen LogP contribution in [0.1, 0.15) is 20.3 Å². The van der Waals surface area contributed by atoms with E-state index in [1.54, 1.807) is 6.92 Å². The number of imidazole rings is 1. The van der Waals surface area contributed by atoms with E-state index in [1.807, 2.05) is 0 Å². The van der Waals surface area contributed by atoms with Crippen LogP contribution in [0, 0.1) is 0 Å². The molecule has 0 aliphatic carbocycles. The Labute approximate surface area is 99.0 Å². The second-order valence-electron chi connectivity index (χ2n) is 3.69. The predicted octanol–water partition coefficient (Wildman–Crippen LogP) is -0.397. The van der Waals surface area contributed by atoms with E-state index in [0.717, 1.165) is 0 Å². The fraction of sp³-hybridized carbons (Fsp3) is 0.500. The number of aromatic amines is 1. The summed E-state index contributed by atoms with van der Waals surface area (Å²) in [7, 11) is -3.78. The number of amidine groups is 1. The van der Waals surface area contributed by atoms with Crippen molar-refractivity contribution in [2.24, 2.45) is 10.9 Å². The quantitative estimate of drug-likeness (QED) is 0.248. The van der Waals surface area contributed by atoms with Gasteiger partial charge in [0.1, 0.15) is 0 Å². The minimum atomic E-state index is -3.78. The molecule has 0 amide bonds. The molecule has 5 N–H and O–H groups in total. The SMILES string of the molecule is CCC(C)(NS(=O)(=O)c1cnc[nH]1)/C(N)=N\O. The second-order valence-corrected chi connectivity index (χ2v) is 5.34. The molecular weight excluding hydrogens is 246 g/mol. The van der Waals surface area contributed by atoms with Gasteiger partial charge < -0.3 is 15.9 Å². The highest BCUT2D eigenvalue weighted by atomic mass is 32.2. The molecule has 96 valence electrons. The summed E-state index contributed by atoms with van der Waals surface area (Å²) in [5.74, 6) is -0.205. The molecule has 0 saturated heterocycles. The molecule has 1 heterocycles. The molecule has 1 aromatic rings. The van der Waals surface area contributed by atoms with Crippen molar-refractivity contribution in [1.29, 1.82) is 0 Å². The van der Waals surface area contributed by atoms with Crippen LogP contribution in [0.15, 0.2) is 22.7 Å². The summed E-state index contributed by atoms with van der Waals surface area (Å²) in [6.45, 7) is 3.24. The van der Waals surface area contributed by atoms with Crippen molar-refractivity contribution in [3.05, 3.63) is 12.5 Å². The number of nitrogens with two attached hydrogens (primary N) is 1. The molecule has 0 aliphatic rings. The Morgan fingerprint density at radius 2 is 2.41 bits per heavy atom. The summed E-state index contributed by atoms with van der Waals surface area (Å²) in [6.07, 6.45) is 2.75. The van der Waals surface area contributed by atoms with Crippen molar-refractivity contribution in [2.75, 3.05) is 0 Å². The molecule has 0 aromatic carbocycles. The number of oxime groups is 1. The lowest BCUT2D eigenvalue weighted by molar-refractivity contribution is 0.310. The number of H-pyrrole nitrogens is 1. The van der Waals surface area contributed by atoms with Crippen molar-refractivity contribution in [3.63, 3.8) is 0 Å². The summed E-state index contributed by atoms with van der Waals surface area (Å²) in [4.78, 5) is 6.10. The molecule has 0 radical (unpaired) electrons. The lowest BCUT2D eigenvalue weighted by Gasteiger charge is -2.27. The minimum absolute atomic E-state index is 0.0806. The van der Waals surface area contributed by atoms with E-state index in [9.17, 15) is 8.42 Å². The van der Waals surface area contributed by atoms with Crippen LogP contribution >= 0.6 is 0 Å². The maximum absolute atomic E-state index is 11.9. The first kappa shape index (κ1) is 13.5. The van der Waals surface area contributed by atoms with Crippen molar-refractivity contribution in [1.82, 2.24) is 14.7 Å². The largest absolute Gasteiger partial charge is 0.409 e. The molecule has 0 fully saturated rings. The molecule has 0 bridgehead atoms. The van der Waals surface area contributed by atoms with E-state index in [-0.39, 0.29) is 10.9 Å². The molecule has 9 heteroatoms. The summed E-state index contributed by atoms with van der Waals surface area (Å²) in [6, 6.07) is 0. The lowest BCUT2D eigenvalue weighted by Crippen LogP contribution is -2.54. The van der Waals surface area contributed by atoms with E-state index < -0.39 is 15.6 Å². The van der Waals surface area contributed by atoms with Crippen LogP contribution in [-0.2, 0) is 10.0 Å². The Morgan fingerprint density at radius 3 is 2.82 bits per heavy atom. The highest BCUT2D eigenvalue weighted by molar-refractivity contribution is 7.89. The number of rotatable bonds is 5. The van der Waals surface area contributed by atoms with E-state index >= 15 is 0 Å². The van der Waals surface area contributed by atoms with Gasteiger partial charge in [-0.05, 0) is 13.3 Å². The van der Waals surface area contributed by atoms with Crippen LogP contribution in [0.5, 0.6) is 0 Å². The third-order valence-corrected chi connectivity index (χ3v) is 4.02. The number of hydrogen-bond acceptors (Lipinski definition) is 5. The van der Waals surface area contributed by atoms with Crippen molar-refractivity contribution in [2.45, 2.75) is 30.8 Å². The van der Waals surface area contributed by atoms with Gasteiger partial charge in [0, 0.05) is 0 Å². The van der Waals surface area contributed by atoms with Crippen LogP contribution in [0.2, 0.25) is 0 Å². The molecule has 17 heavy (non-hydrogen) atoms. The average molecular weight is 261 g/mol. The Kier molecular flexibility index (Phi) is 3.73. The van der Waals surface area contributed by atoms with E-state index in [1.165, 1.54) is 19.4 Å². The third kappa shape index (κ3) is 2.74. The summed E-state index contributed by atoms with van der Waals surface area (Å²) >= 11 is 0. The third-order valence-electron chi connectivity index (χ3n) is 2.50. The standard InChI is InChI=1S/C8H15N5O3S/c1-3-8(2,7(9)12-14)13-17(15,16)6-4-10-5-11-6/h4-5,13-14H,3H2,1-2H3,(H2,9,12)(H,10,11). The molecule has 1 atom stereocenters. The first-order valence-corrected chi connectivity index (χ1v) is 6.34. The number of nitrogens with zero attached hydrogens (tertiary/aromatic N) is 2. The number of hydrogen-bond donors (Lipinski definition) is 4. The molecule has 0 aliphatic heterocycles. The van der Waals surface area contributed by atoms with Gasteiger partial charge in [0.15, 0.2) is 10.9 Å². The molecule has 0 saturated carbocycles. The number of nitrogens with one attached hydrogen (secondary N) is 2. The van der Waals surface area contributed by atoms with Gasteiger partial charge in [-0.15, -0.1) is 0 Å². The van der Waals surface area contributed by atoms with E-state index in [0.29, 0.717) is 6.42 Å². The van der Waals surface area contributed by atoms with Crippen LogP contribution in [0.3, 0.4) is 0 Å². The van der Waals surface area contributed by atoms with Gasteiger partial charge in [-0.25, -0.2) is 13.4 Å². The number of aromatic nitrogens is 2. The summed E-state index contributed by atoms with van der Waals surface area (Å²) < 4.78 is 26.2. The lowest BCUT2D eigenvalue weighted by atomic mass is 10.00. The maximum Gasteiger partial charge on any atom is 0.258 e. The maximum atomic E-state index is 11.9. The highest BCUT2D eigenvalue weighted by Gasteiger charge is 2.33. The molecule has 1 unspecified atom stereocenters.